The van der Waals surface area contributed by atoms with Crippen molar-refractivity contribution < 1.29 is 19.4 Å². The van der Waals surface area contributed by atoms with Crippen LogP contribution in [0.25, 0.3) is 16.5 Å². The van der Waals surface area contributed by atoms with Crippen molar-refractivity contribution >= 4 is 51.5 Å². The van der Waals surface area contributed by atoms with Gasteiger partial charge in [-0.2, -0.15) is 10.5 Å². The van der Waals surface area contributed by atoms with Crippen molar-refractivity contribution in [2.24, 2.45) is 0 Å². The van der Waals surface area contributed by atoms with E-state index >= 15 is 0 Å². The Bertz CT molecular complexity index is 1390. The Morgan fingerprint density at radius 1 is 1.00 bits per heavy atom. The van der Waals surface area contributed by atoms with Gasteiger partial charge in [0.2, 0.25) is 5.76 Å². The molecule has 0 unspecified atom stereocenters. The highest BCUT2D eigenvalue weighted by atomic mass is 35.5. The van der Waals surface area contributed by atoms with Crippen LogP contribution in [0.15, 0.2) is 36.2 Å². The monoisotopic (exact) mass is 438 g/mol. The van der Waals surface area contributed by atoms with Crippen molar-refractivity contribution in [1.82, 2.24) is 10.3 Å². The zero-order chi connectivity index (χ0) is 21.6. The Labute approximate surface area is 178 Å². The second kappa shape index (κ2) is 7.12. The van der Waals surface area contributed by atoms with E-state index in [9.17, 15) is 25.2 Å². The maximum atomic E-state index is 12.5. The van der Waals surface area contributed by atoms with Crippen LogP contribution in [0, 0.1) is 22.7 Å². The van der Waals surface area contributed by atoms with Crippen molar-refractivity contribution in [3.05, 3.63) is 63.0 Å². The number of carbonyl (C=O) groups is 2. The summed E-state index contributed by atoms with van der Waals surface area (Å²) in [6.45, 7) is 0. The minimum absolute atomic E-state index is 0.0832. The summed E-state index contributed by atoms with van der Waals surface area (Å²) in [4.78, 5) is 28.0. The number of phenolic OH excluding ortho intramolecular Hbond substituents is 1. The molecular weight excluding hydrogens is 431 g/mol. The third kappa shape index (κ3) is 2.75. The summed E-state index contributed by atoms with van der Waals surface area (Å²) in [5.74, 6) is -3.10. The molecule has 3 N–H and O–H groups in total. The molecule has 2 aromatic carbocycles. The highest BCUT2D eigenvalue weighted by Gasteiger charge is 2.36. The number of aromatic nitrogens is 1. The van der Waals surface area contributed by atoms with E-state index in [4.69, 9.17) is 27.9 Å². The summed E-state index contributed by atoms with van der Waals surface area (Å²) < 4.78 is 5.61. The zero-order valence-corrected chi connectivity index (χ0v) is 16.2. The van der Waals surface area contributed by atoms with Crippen molar-refractivity contribution in [3.63, 3.8) is 0 Å². The molecule has 0 aliphatic carbocycles. The van der Waals surface area contributed by atoms with Crippen LogP contribution in [0.1, 0.15) is 16.7 Å². The largest absolute Gasteiger partial charge is 0.505 e. The third-order valence-electron chi connectivity index (χ3n) is 4.49. The number of phenols is 1. The van der Waals surface area contributed by atoms with Crippen LogP contribution in [-0.2, 0) is 9.59 Å². The van der Waals surface area contributed by atoms with Crippen molar-refractivity contribution in [2.75, 3.05) is 0 Å². The average Bonchev–Trinajstić information content (AvgIpc) is 3.27. The lowest BCUT2D eigenvalue weighted by Gasteiger charge is -2.13. The number of nitrogens with zero attached hydrogens (tertiary/aromatic N) is 2. The van der Waals surface area contributed by atoms with Gasteiger partial charge in [-0.05, 0) is 6.07 Å². The van der Waals surface area contributed by atoms with Gasteiger partial charge < -0.3 is 14.8 Å². The Morgan fingerprint density at radius 2 is 1.70 bits per heavy atom. The smallest absolute Gasteiger partial charge is 0.294 e. The standard InChI is InChI=1S/C20H8Cl2N4O4/c21-14-15(22)17(10(6-24)9(5-23)16(14)27)30-18-13(19(28)26-20(18)29)11-7-25-12-4-2-1-3-8(11)12/h1-4,7,25,27H,(H,26,28,29). The molecule has 0 atom stereocenters. The zero-order valence-electron chi connectivity index (χ0n) is 14.7. The summed E-state index contributed by atoms with van der Waals surface area (Å²) in [5, 5.41) is 30.7. The van der Waals surface area contributed by atoms with E-state index in [0.717, 1.165) is 5.52 Å². The lowest BCUT2D eigenvalue weighted by atomic mass is 10.0. The van der Waals surface area contributed by atoms with E-state index < -0.39 is 45.2 Å². The van der Waals surface area contributed by atoms with Gasteiger partial charge in [-0.3, -0.25) is 14.9 Å². The van der Waals surface area contributed by atoms with Gasteiger partial charge in [-0.25, -0.2) is 0 Å². The molecule has 0 spiro atoms. The number of nitriles is 2. The number of carbonyl (C=O) groups excluding carboxylic acids is 2. The maximum absolute atomic E-state index is 12.5. The topological polar surface area (TPSA) is 139 Å². The fraction of sp³-hybridized carbons (Fsp3) is 0. The van der Waals surface area contributed by atoms with Gasteiger partial charge in [0.25, 0.3) is 11.8 Å². The van der Waals surface area contributed by atoms with E-state index in [1.165, 1.54) is 0 Å². The van der Waals surface area contributed by atoms with Gasteiger partial charge in [0, 0.05) is 22.7 Å². The fourth-order valence-electron chi connectivity index (χ4n) is 3.13. The fourth-order valence-corrected chi connectivity index (χ4v) is 3.53. The summed E-state index contributed by atoms with van der Waals surface area (Å²) in [7, 11) is 0. The number of ether oxygens (including phenoxy) is 1. The first-order valence-corrected chi connectivity index (χ1v) is 9.03. The first-order chi connectivity index (χ1) is 14.4. The molecule has 0 radical (unpaired) electrons. The quantitative estimate of drug-likeness (QED) is 0.535. The predicted octanol–water partition coefficient (Wildman–Crippen LogP) is 3.37. The number of aromatic amines is 1. The minimum Gasteiger partial charge on any atom is -0.505 e. The van der Waals surface area contributed by atoms with Crippen molar-refractivity contribution in [2.45, 2.75) is 0 Å². The van der Waals surface area contributed by atoms with Crippen molar-refractivity contribution in [1.29, 1.82) is 10.5 Å². The van der Waals surface area contributed by atoms with E-state index in [2.05, 4.69) is 10.3 Å². The van der Waals surface area contributed by atoms with Gasteiger partial charge in [-0.15, -0.1) is 0 Å². The normalized spacial score (nSPS) is 13.3. The van der Waals surface area contributed by atoms with Crippen LogP contribution in [0.4, 0.5) is 0 Å². The Kier molecular flexibility index (Phi) is 4.59. The molecule has 3 aromatic rings. The van der Waals surface area contributed by atoms with E-state index in [1.54, 1.807) is 42.6 Å². The molecular formula is C20H8Cl2N4O4. The molecule has 10 heteroatoms. The van der Waals surface area contributed by atoms with Crippen LogP contribution >= 0.6 is 23.2 Å². The molecule has 1 aromatic heterocycles. The van der Waals surface area contributed by atoms with E-state index in [0.29, 0.717) is 10.9 Å². The number of rotatable bonds is 3. The summed E-state index contributed by atoms with van der Waals surface area (Å²) in [5.41, 5.74) is 0.133. The highest BCUT2D eigenvalue weighted by Crippen LogP contribution is 2.45. The van der Waals surface area contributed by atoms with Gasteiger partial charge >= 0.3 is 0 Å². The number of halogens is 2. The number of aromatic hydroxyl groups is 1. The summed E-state index contributed by atoms with van der Waals surface area (Å²) in [6, 6.07) is 10.5. The second-order valence-electron chi connectivity index (χ2n) is 6.12. The summed E-state index contributed by atoms with van der Waals surface area (Å²) >= 11 is 12.1. The molecule has 0 bridgehead atoms. The van der Waals surface area contributed by atoms with E-state index in [1.807, 2.05) is 0 Å². The minimum atomic E-state index is -0.858. The number of hydrogen-bond acceptors (Lipinski definition) is 6. The SMILES string of the molecule is N#Cc1c(O)c(Cl)c(Cl)c(OC2=C(c3c[nH]c4ccccc34)C(=O)NC2=O)c1C#N. The van der Waals surface area contributed by atoms with E-state index in [-0.39, 0.29) is 10.6 Å². The predicted molar refractivity (Wildman–Crippen MR) is 107 cm³/mol. The molecule has 2 heterocycles. The molecule has 30 heavy (non-hydrogen) atoms. The maximum Gasteiger partial charge on any atom is 0.294 e. The number of nitrogens with one attached hydrogen (secondary N) is 2. The molecule has 146 valence electrons. The van der Waals surface area contributed by atoms with Gasteiger partial charge in [0.1, 0.15) is 33.3 Å². The molecule has 1 aliphatic rings. The van der Waals surface area contributed by atoms with Crippen LogP contribution in [-0.4, -0.2) is 21.9 Å². The lowest BCUT2D eigenvalue weighted by molar-refractivity contribution is -0.124. The number of hydrogen-bond donors (Lipinski definition) is 3. The Balaban J connectivity index is 1.97. The summed E-state index contributed by atoms with van der Waals surface area (Å²) in [6.07, 6.45) is 1.54. The van der Waals surface area contributed by atoms with Crippen molar-refractivity contribution in [3.8, 4) is 23.6 Å². The first-order valence-electron chi connectivity index (χ1n) is 8.27. The number of imide groups is 1. The molecule has 4 rings (SSSR count). The van der Waals surface area contributed by atoms with Gasteiger partial charge in [-0.1, -0.05) is 41.4 Å². The van der Waals surface area contributed by atoms with Crippen LogP contribution < -0.4 is 10.1 Å². The van der Waals surface area contributed by atoms with Gasteiger partial charge in [0.05, 0.1) is 5.57 Å². The number of para-hydroxylation sites is 1. The molecule has 2 amide bonds. The Hall–Kier alpha value is -3.98. The third-order valence-corrected chi connectivity index (χ3v) is 5.31. The molecule has 1 aliphatic heterocycles. The number of fused-ring (bicyclic) bond motifs is 1. The first kappa shape index (κ1) is 19.3. The second-order valence-corrected chi connectivity index (χ2v) is 6.87. The Morgan fingerprint density at radius 3 is 2.40 bits per heavy atom. The lowest BCUT2D eigenvalue weighted by Crippen LogP contribution is -2.24. The number of H-pyrrole nitrogens is 1. The van der Waals surface area contributed by atoms with Crippen LogP contribution in [0.3, 0.4) is 0 Å². The highest BCUT2D eigenvalue weighted by molar-refractivity contribution is 6.44. The van der Waals surface area contributed by atoms with Crippen LogP contribution in [0.5, 0.6) is 11.5 Å². The molecule has 0 saturated heterocycles. The number of amides is 2. The van der Waals surface area contributed by atoms with Crippen LogP contribution in [0.2, 0.25) is 10.0 Å². The molecule has 0 saturated carbocycles. The average molecular weight is 439 g/mol. The molecule has 0 fully saturated rings. The van der Waals surface area contributed by atoms with Gasteiger partial charge in [0.15, 0.2) is 11.5 Å². The molecule has 8 nitrogen and oxygen atoms in total. The number of benzene rings is 2.